The lowest BCUT2D eigenvalue weighted by Gasteiger charge is -2.25. The van der Waals surface area contributed by atoms with E-state index in [2.05, 4.69) is 52.9 Å². The summed E-state index contributed by atoms with van der Waals surface area (Å²) in [6, 6.07) is 3.84. The van der Waals surface area contributed by atoms with Crippen LogP contribution in [0.25, 0.3) is 0 Å². The molecule has 4 nitrogen and oxygen atoms in total. The number of hydrogen-bond donors (Lipinski definition) is 3. The summed E-state index contributed by atoms with van der Waals surface area (Å²) in [6.07, 6.45) is 3.31. The van der Waals surface area contributed by atoms with Gasteiger partial charge in [-0.1, -0.05) is 33.8 Å². The van der Waals surface area contributed by atoms with Crippen molar-refractivity contribution in [1.82, 2.24) is 4.98 Å². The van der Waals surface area contributed by atoms with E-state index in [1.165, 1.54) is 11.1 Å². The highest BCUT2D eigenvalue weighted by Crippen LogP contribution is 2.31. The van der Waals surface area contributed by atoms with E-state index in [0.717, 1.165) is 17.8 Å². The van der Waals surface area contributed by atoms with Crippen molar-refractivity contribution in [3.05, 3.63) is 46.3 Å². The zero-order chi connectivity index (χ0) is 17.4. The topological polar surface area (TPSA) is 74.8 Å². The first-order chi connectivity index (χ1) is 10.6. The van der Waals surface area contributed by atoms with Crippen LogP contribution in [0.4, 0.5) is 5.82 Å². The number of aromatic nitrogens is 1. The summed E-state index contributed by atoms with van der Waals surface area (Å²) in [5.41, 5.74) is 10.9. The maximum atomic E-state index is 7.82. The van der Waals surface area contributed by atoms with Crippen LogP contribution in [0.2, 0.25) is 0 Å². The third kappa shape index (κ3) is 3.81. The van der Waals surface area contributed by atoms with Crippen molar-refractivity contribution in [1.29, 1.82) is 5.41 Å². The van der Waals surface area contributed by atoms with Crippen molar-refractivity contribution in [2.75, 3.05) is 5.32 Å². The van der Waals surface area contributed by atoms with E-state index >= 15 is 0 Å². The van der Waals surface area contributed by atoms with Crippen molar-refractivity contribution in [2.24, 2.45) is 11.7 Å². The van der Waals surface area contributed by atoms with Gasteiger partial charge in [-0.05, 0) is 49.5 Å². The average molecular weight is 312 g/mol. The van der Waals surface area contributed by atoms with Crippen LogP contribution >= 0.6 is 0 Å². The van der Waals surface area contributed by atoms with Gasteiger partial charge in [-0.25, -0.2) is 4.98 Å². The molecule has 0 fully saturated rings. The zero-order valence-corrected chi connectivity index (χ0v) is 15.0. The molecule has 23 heavy (non-hydrogen) atoms. The van der Waals surface area contributed by atoms with Crippen molar-refractivity contribution < 1.29 is 0 Å². The fraction of sp³-hybridized carbons (Fsp3) is 0.474. The van der Waals surface area contributed by atoms with E-state index in [-0.39, 0.29) is 11.3 Å². The zero-order valence-electron chi connectivity index (χ0n) is 15.0. The first kappa shape index (κ1) is 17.3. The van der Waals surface area contributed by atoms with E-state index in [1.807, 2.05) is 12.1 Å². The van der Waals surface area contributed by atoms with E-state index < -0.39 is 0 Å². The number of hydrogen-bond acceptors (Lipinski definition) is 3. The van der Waals surface area contributed by atoms with E-state index in [9.17, 15) is 0 Å². The number of allylic oxidation sites excluding steroid dienone is 3. The Kier molecular flexibility index (Phi) is 4.64. The molecule has 0 spiro atoms. The molecule has 2 rings (SSSR count). The molecular weight excluding hydrogens is 284 g/mol. The van der Waals surface area contributed by atoms with Crippen LogP contribution in [0.15, 0.2) is 35.1 Å². The lowest BCUT2D eigenvalue weighted by molar-refractivity contribution is 0.569. The molecule has 4 heteroatoms. The molecule has 124 valence electrons. The van der Waals surface area contributed by atoms with Gasteiger partial charge < -0.3 is 11.1 Å². The number of nitrogens with two attached hydrogens (primary N) is 1. The van der Waals surface area contributed by atoms with Crippen LogP contribution in [-0.4, -0.2) is 10.8 Å². The molecule has 0 bridgehead atoms. The lowest BCUT2D eigenvalue weighted by atomic mass is 9.90. The van der Waals surface area contributed by atoms with Gasteiger partial charge in [0.15, 0.2) is 0 Å². The van der Waals surface area contributed by atoms with Gasteiger partial charge in [-0.3, -0.25) is 5.41 Å². The maximum absolute atomic E-state index is 7.82. The SMILES string of the molecule is CC1=CC(C)CC(C)=C1Nc1nc(C(C)(C)C)ccc1C(=N)N. The number of amidine groups is 1. The summed E-state index contributed by atoms with van der Waals surface area (Å²) in [4.78, 5) is 4.75. The largest absolute Gasteiger partial charge is 0.384 e. The minimum Gasteiger partial charge on any atom is -0.384 e. The fourth-order valence-electron chi connectivity index (χ4n) is 3.00. The maximum Gasteiger partial charge on any atom is 0.141 e. The van der Waals surface area contributed by atoms with Crippen LogP contribution < -0.4 is 11.1 Å². The molecule has 0 amide bonds. The quantitative estimate of drug-likeness (QED) is 0.574. The molecule has 1 unspecified atom stereocenters. The van der Waals surface area contributed by atoms with Gasteiger partial charge in [-0.2, -0.15) is 0 Å². The molecule has 1 aliphatic carbocycles. The third-order valence-electron chi connectivity index (χ3n) is 4.18. The second-order valence-corrected chi connectivity index (χ2v) is 7.57. The minimum absolute atomic E-state index is 0.0320. The monoisotopic (exact) mass is 312 g/mol. The summed E-state index contributed by atoms with van der Waals surface area (Å²) in [5, 5.41) is 11.3. The van der Waals surface area contributed by atoms with Crippen molar-refractivity contribution in [2.45, 2.75) is 53.4 Å². The number of anilines is 1. The summed E-state index contributed by atoms with van der Waals surface area (Å²) < 4.78 is 0. The number of pyridine rings is 1. The third-order valence-corrected chi connectivity index (χ3v) is 4.18. The Hall–Kier alpha value is -2.10. The Labute approximate surface area is 139 Å². The molecule has 0 aromatic carbocycles. The van der Waals surface area contributed by atoms with Crippen LogP contribution in [0, 0.1) is 11.3 Å². The summed E-state index contributed by atoms with van der Waals surface area (Å²) in [6.45, 7) is 12.9. The Morgan fingerprint density at radius 1 is 1.30 bits per heavy atom. The Morgan fingerprint density at radius 2 is 1.96 bits per heavy atom. The second kappa shape index (κ2) is 6.19. The van der Waals surface area contributed by atoms with Gasteiger partial charge in [0, 0.05) is 16.8 Å². The number of nitrogens with zero attached hydrogens (tertiary/aromatic N) is 1. The number of nitrogens with one attached hydrogen (secondary N) is 2. The van der Waals surface area contributed by atoms with E-state index in [4.69, 9.17) is 16.1 Å². The van der Waals surface area contributed by atoms with Crippen molar-refractivity contribution >= 4 is 11.7 Å². The number of rotatable bonds is 3. The molecule has 1 aliphatic rings. The molecule has 0 aliphatic heterocycles. The molecule has 1 aromatic rings. The van der Waals surface area contributed by atoms with Crippen LogP contribution in [0.1, 0.15) is 59.2 Å². The fourth-order valence-corrected chi connectivity index (χ4v) is 3.00. The molecular formula is C19H28N4. The summed E-state index contributed by atoms with van der Waals surface area (Å²) in [7, 11) is 0. The predicted molar refractivity (Wildman–Crippen MR) is 97.8 cm³/mol. The standard InChI is InChI=1S/C19H28N4/c1-11-9-12(2)16(13(3)10-11)23-18-14(17(20)21)7-8-15(22-18)19(4,5)6/h7-9,11H,10H2,1-6H3,(H3,20,21)(H,22,23). The van der Waals surface area contributed by atoms with Crippen molar-refractivity contribution in [3.63, 3.8) is 0 Å². The van der Waals surface area contributed by atoms with Gasteiger partial charge in [0.25, 0.3) is 0 Å². The summed E-state index contributed by atoms with van der Waals surface area (Å²) in [5.74, 6) is 1.26. The highest BCUT2D eigenvalue weighted by atomic mass is 15.0. The Bertz CT molecular complexity index is 690. The first-order valence-corrected chi connectivity index (χ1v) is 8.11. The Balaban J connectivity index is 2.48. The smallest absolute Gasteiger partial charge is 0.141 e. The molecule has 4 N–H and O–H groups in total. The molecule has 1 heterocycles. The van der Waals surface area contributed by atoms with Crippen LogP contribution in [-0.2, 0) is 5.41 Å². The van der Waals surface area contributed by atoms with Crippen molar-refractivity contribution in [3.8, 4) is 0 Å². The summed E-state index contributed by atoms with van der Waals surface area (Å²) >= 11 is 0. The number of nitrogen functional groups attached to an aromatic ring is 1. The predicted octanol–water partition coefficient (Wildman–Crippen LogP) is 4.34. The molecule has 0 radical (unpaired) electrons. The van der Waals surface area contributed by atoms with Gasteiger partial charge in [-0.15, -0.1) is 0 Å². The Morgan fingerprint density at radius 3 is 2.48 bits per heavy atom. The minimum atomic E-state index is -0.0544. The molecule has 0 saturated heterocycles. The highest BCUT2D eigenvalue weighted by molar-refractivity contribution is 5.99. The van der Waals surface area contributed by atoms with E-state index in [1.54, 1.807) is 0 Å². The average Bonchev–Trinajstić information content (AvgIpc) is 2.41. The molecule has 1 atom stereocenters. The second-order valence-electron chi connectivity index (χ2n) is 7.57. The van der Waals surface area contributed by atoms with Gasteiger partial charge >= 0.3 is 0 Å². The van der Waals surface area contributed by atoms with Crippen LogP contribution in [0.5, 0.6) is 0 Å². The normalized spacial score (nSPS) is 18.7. The van der Waals surface area contributed by atoms with Gasteiger partial charge in [0.1, 0.15) is 11.7 Å². The molecule has 1 aromatic heterocycles. The molecule has 0 saturated carbocycles. The lowest BCUT2D eigenvalue weighted by Crippen LogP contribution is -2.21. The van der Waals surface area contributed by atoms with Gasteiger partial charge in [0.2, 0.25) is 0 Å². The van der Waals surface area contributed by atoms with E-state index in [0.29, 0.717) is 17.3 Å². The highest BCUT2D eigenvalue weighted by Gasteiger charge is 2.20. The first-order valence-electron chi connectivity index (χ1n) is 8.11. The van der Waals surface area contributed by atoms with Crippen LogP contribution in [0.3, 0.4) is 0 Å². The van der Waals surface area contributed by atoms with Gasteiger partial charge in [0.05, 0.1) is 5.56 Å².